The topological polar surface area (TPSA) is 115 Å². The number of amides is 2. The molecule has 2 N–H and O–H groups in total. The Morgan fingerprint density at radius 3 is 2.37 bits per heavy atom. The van der Waals surface area contributed by atoms with Gasteiger partial charge >= 0.3 is 0 Å². The molecule has 0 atom stereocenters. The second-order valence-electron chi connectivity index (χ2n) is 11.5. The van der Waals surface area contributed by atoms with E-state index in [-0.39, 0.29) is 23.2 Å². The number of benzene rings is 3. The first-order chi connectivity index (χ1) is 22.2. The molecule has 1 aromatic heterocycles. The Morgan fingerprint density at radius 2 is 1.70 bits per heavy atom. The van der Waals surface area contributed by atoms with Gasteiger partial charge < -0.3 is 29.7 Å². The zero-order chi connectivity index (χ0) is 32.8. The first-order valence-corrected chi connectivity index (χ1v) is 15.5. The Labute approximate surface area is 268 Å². The van der Waals surface area contributed by atoms with Crippen LogP contribution in [0.1, 0.15) is 44.2 Å². The van der Waals surface area contributed by atoms with Crippen LogP contribution in [0.15, 0.2) is 54.9 Å². The quantitative estimate of drug-likeness (QED) is 0.118. The minimum Gasteiger partial charge on any atom is -0.493 e. The molecule has 1 aliphatic carbocycles. The summed E-state index contributed by atoms with van der Waals surface area (Å²) in [5.74, 6) is -0.520. The maximum absolute atomic E-state index is 15.3. The molecule has 0 aliphatic heterocycles. The van der Waals surface area contributed by atoms with Crippen LogP contribution in [0.4, 0.5) is 15.8 Å². The van der Waals surface area contributed by atoms with Gasteiger partial charge in [-0.15, -0.1) is 0 Å². The molecule has 0 bridgehead atoms. The molecule has 3 aromatic carbocycles. The third-order valence-corrected chi connectivity index (χ3v) is 8.30. The van der Waals surface area contributed by atoms with Crippen LogP contribution in [-0.2, 0) is 9.59 Å². The van der Waals surface area contributed by atoms with Crippen molar-refractivity contribution in [1.82, 2.24) is 14.9 Å². The Morgan fingerprint density at radius 1 is 0.935 bits per heavy atom. The number of hydrogen-bond donors (Lipinski definition) is 2. The predicted molar refractivity (Wildman–Crippen MR) is 175 cm³/mol. The number of rotatable bonds is 14. The smallest absolute Gasteiger partial charge is 0.240 e. The fourth-order valence-electron chi connectivity index (χ4n) is 5.30. The largest absolute Gasteiger partial charge is 0.493 e. The average molecular weight is 630 g/mol. The Bertz CT molecular complexity index is 1740. The summed E-state index contributed by atoms with van der Waals surface area (Å²) < 4.78 is 32.7. The van der Waals surface area contributed by atoms with E-state index < -0.39 is 17.1 Å². The van der Waals surface area contributed by atoms with Crippen molar-refractivity contribution in [2.45, 2.75) is 47.0 Å². The highest BCUT2D eigenvalue weighted by Crippen LogP contribution is 2.48. The highest BCUT2D eigenvalue weighted by atomic mass is 19.1. The number of nitrogens with one attached hydrogen (secondary N) is 2. The molecule has 0 unspecified atom stereocenters. The maximum Gasteiger partial charge on any atom is 0.240 e. The molecular weight excluding hydrogens is 589 g/mol. The summed E-state index contributed by atoms with van der Waals surface area (Å²) in [6, 6.07) is 13.2. The normalized spacial score (nSPS) is 13.4. The fourth-order valence-corrected chi connectivity index (χ4v) is 5.30. The van der Waals surface area contributed by atoms with Crippen molar-refractivity contribution in [3.63, 3.8) is 0 Å². The summed E-state index contributed by atoms with van der Waals surface area (Å²) in [6.45, 7) is 11.6. The third kappa shape index (κ3) is 7.20. The van der Waals surface area contributed by atoms with Crippen LogP contribution in [0.2, 0.25) is 0 Å². The van der Waals surface area contributed by atoms with Crippen LogP contribution in [0.25, 0.3) is 10.9 Å². The lowest BCUT2D eigenvalue weighted by atomic mass is 10.0. The molecule has 0 radical (unpaired) electrons. The summed E-state index contributed by atoms with van der Waals surface area (Å²) in [6.07, 6.45) is 3.01. The van der Waals surface area contributed by atoms with Crippen LogP contribution >= 0.6 is 0 Å². The Balaban J connectivity index is 1.26. The van der Waals surface area contributed by atoms with Crippen molar-refractivity contribution >= 4 is 34.1 Å². The Hall–Kier alpha value is -4.77. The van der Waals surface area contributed by atoms with E-state index in [2.05, 4.69) is 39.3 Å². The molecule has 1 fully saturated rings. The van der Waals surface area contributed by atoms with E-state index in [9.17, 15) is 9.59 Å². The van der Waals surface area contributed by atoms with Crippen molar-refractivity contribution in [3.8, 4) is 23.1 Å². The number of ether oxygens (including phenoxy) is 3. The number of halogens is 1. The minimum atomic E-state index is -1.20. The standard InChI is InChI=1S/C35H40FN5O5/c1-6-41(7-2)15-8-16-45-31-20-28-25(19-30(31)44-5)32(38-21-37-28)46-29-12-10-24(18-26(29)36)39-33(42)35(13-14-35)34(43)40-27-11-9-22(3)17-23(27)4/h9-12,17-21H,6-8,13-16H2,1-5H3,(H,39,42)(H,40,43). The van der Waals surface area contributed by atoms with Gasteiger partial charge in [0.2, 0.25) is 17.7 Å². The highest BCUT2D eigenvalue weighted by molar-refractivity contribution is 6.17. The van der Waals surface area contributed by atoms with Crippen LogP contribution < -0.4 is 24.8 Å². The van der Waals surface area contributed by atoms with E-state index in [1.165, 1.54) is 18.5 Å². The first kappa shape index (κ1) is 32.6. The zero-order valence-electron chi connectivity index (χ0n) is 26.9. The van der Waals surface area contributed by atoms with Crippen molar-refractivity contribution in [3.05, 3.63) is 71.8 Å². The van der Waals surface area contributed by atoms with Gasteiger partial charge in [0.25, 0.3) is 0 Å². The molecule has 5 rings (SSSR count). The van der Waals surface area contributed by atoms with Crippen LogP contribution in [-0.4, -0.2) is 60.0 Å². The number of carbonyl (C=O) groups excluding carboxylic acids is 2. The number of carbonyl (C=O) groups is 2. The molecule has 11 heteroatoms. The van der Waals surface area contributed by atoms with E-state index in [1.54, 1.807) is 19.2 Å². The summed E-state index contributed by atoms with van der Waals surface area (Å²) in [5, 5.41) is 6.09. The number of hydrogen-bond acceptors (Lipinski definition) is 8. The van der Waals surface area contributed by atoms with E-state index in [0.717, 1.165) is 43.2 Å². The lowest BCUT2D eigenvalue weighted by Gasteiger charge is -2.18. The van der Waals surface area contributed by atoms with Gasteiger partial charge in [-0.1, -0.05) is 31.5 Å². The molecular formula is C35H40FN5O5. The fraction of sp³-hybridized carbons (Fsp3) is 0.371. The van der Waals surface area contributed by atoms with Gasteiger partial charge in [0.15, 0.2) is 23.1 Å². The molecule has 1 aliphatic rings. The maximum atomic E-state index is 15.3. The van der Waals surface area contributed by atoms with Crippen molar-refractivity contribution < 1.29 is 28.2 Å². The van der Waals surface area contributed by atoms with Gasteiger partial charge in [-0.3, -0.25) is 9.59 Å². The number of aryl methyl sites for hydroxylation is 2. The number of methoxy groups -OCH3 is 1. The molecule has 242 valence electrons. The van der Waals surface area contributed by atoms with Gasteiger partial charge in [-0.2, -0.15) is 0 Å². The summed E-state index contributed by atoms with van der Waals surface area (Å²) >= 11 is 0. The molecule has 46 heavy (non-hydrogen) atoms. The minimum absolute atomic E-state index is 0.0950. The predicted octanol–water partition coefficient (Wildman–Crippen LogP) is 6.65. The molecule has 0 saturated heterocycles. The number of aromatic nitrogens is 2. The average Bonchev–Trinajstić information content (AvgIpc) is 3.86. The van der Waals surface area contributed by atoms with Gasteiger partial charge in [0, 0.05) is 30.1 Å². The number of anilines is 2. The number of nitrogens with zero attached hydrogens (tertiary/aromatic N) is 3. The molecule has 2 amide bonds. The van der Waals surface area contributed by atoms with Gasteiger partial charge in [0.05, 0.1) is 24.6 Å². The van der Waals surface area contributed by atoms with Gasteiger partial charge in [-0.25, -0.2) is 14.4 Å². The zero-order valence-corrected chi connectivity index (χ0v) is 26.9. The van der Waals surface area contributed by atoms with Gasteiger partial charge in [-0.05, 0) is 76.0 Å². The van der Waals surface area contributed by atoms with Crippen molar-refractivity contribution in [2.24, 2.45) is 5.41 Å². The number of fused-ring (bicyclic) bond motifs is 1. The van der Waals surface area contributed by atoms with E-state index in [0.29, 0.717) is 47.5 Å². The van der Waals surface area contributed by atoms with Crippen molar-refractivity contribution in [1.29, 1.82) is 0 Å². The lowest BCUT2D eigenvalue weighted by Crippen LogP contribution is -2.35. The molecule has 0 spiro atoms. The molecule has 1 saturated carbocycles. The van der Waals surface area contributed by atoms with Crippen LogP contribution in [0.5, 0.6) is 23.1 Å². The highest BCUT2D eigenvalue weighted by Gasteiger charge is 2.56. The Kier molecular flexibility index (Phi) is 10.0. The first-order valence-electron chi connectivity index (χ1n) is 15.5. The third-order valence-electron chi connectivity index (χ3n) is 8.30. The van der Waals surface area contributed by atoms with Crippen LogP contribution in [0.3, 0.4) is 0 Å². The molecule has 1 heterocycles. The van der Waals surface area contributed by atoms with E-state index in [4.69, 9.17) is 14.2 Å². The summed E-state index contributed by atoms with van der Waals surface area (Å²) in [5.41, 5.74) is 2.20. The monoisotopic (exact) mass is 629 g/mol. The van der Waals surface area contributed by atoms with E-state index in [1.807, 2.05) is 32.0 Å². The second kappa shape index (κ2) is 14.1. The summed E-state index contributed by atoms with van der Waals surface area (Å²) in [4.78, 5) is 37.1. The van der Waals surface area contributed by atoms with Crippen molar-refractivity contribution in [2.75, 3.05) is 44.0 Å². The van der Waals surface area contributed by atoms with E-state index >= 15 is 4.39 Å². The summed E-state index contributed by atoms with van der Waals surface area (Å²) in [7, 11) is 1.54. The molecule has 10 nitrogen and oxygen atoms in total. The van der Waals surface area contributed by atoms with Gasteiger partial charge in [0.1, 0.15) is 11.7 Å². The molecule has 4 aromatic rings. The second-order valence-corrected chi connectivity index (χ2v) is 11.5. The van der Waals surface area contributed by atoms with Crippen LogP contribution in [0, 0.1) is 25.1 Å². The lowest BCUT2D eigenvalue weighted by molar-refractivity contribution is -0.131. The SMILES string of the molecule is CCN(CC)CCCOc1cc2ncnc(Oc3ccc(NC(=O)C4(C(=O)Nc5ccc(C)cc5C)CC4)cc3F)c2cc1OC.